The van der Waals surface area contributed by atoms with Crippen LogP contribution < -0.4 is 4.74 Å². The zero-order valence-corrected chi connectivity index (χ0v) is 28.3. The van der Waals surface area contributed by atoms with Crippen LogP contribution in [0, 0.1) is 0 Å². The Labute approximate surface area is 293 Å². The third-order valence-corrected chi connectivity index (χ3v) is 8.45. The van der Waals surface area contributed by atoms with E-state index in [1.807, 2.05) is 60.7 Å². The number of carbonyl (C=O) groups is 1. The fraction of sp³-hybridized carbons (Fsp3) is 0.209. The smallest absolute Gasteiger partial charge is 0.305 e. The molecular weight excluding hydrogens is 622 g/mol. The number of phenolic OH excluding ortho intramolecular Hbond substituents is 1. The quantitative estimate of drug-likeness (QED) is 0.0863. The molecule has 0 radical (unpaired) electrons. The van der Waals surface area contributed by atoms with Crippen molar-refractivity contribution in [3.63, 3.8) is 0 Å². The van der Waals surface area contributed by atoms with Gasteiger partial charge in [-0.3, -0.25) is 4.79 Å². The second kappa shape index (κ2) is 17.0. The second-order valence-corrected chi connectivity index (χ2v) is 12.1. The molecule has 1 aromatic heterocycles. The number of esters is 1. The largest absolute Gasteiger partial charge is 0.507 e. The average Bonchev–Trinajstić information content (AvgIpc) is 3.17. The molecule has 5 aromatic carbocycles. The fourth-order valence-corrected chi connectivity index (χ4v) is 5.69. The van der Waals surface area contributed by atoms with Gasteiger partial charge in [0.1, 0.15) is 24.7 Å². The van der Waals surface area contributed by atoms with Gasteiger partial charge in [-0.05, 0) is 40.8 Å². The number of nitrogens with zero attached hydrogens (tertiary/aromatic N) is 3. The molecule has 0 saturated carbocycles. The van der Waals surface area contributed by atoms with Gasteiger partial charge in [-0.2, -0.15) is 0 Å². The summed E-state index contributed by atoms with van der Waals surface area (Å²) in [7, 11) is 0. The van der Waals surface area contributed by atoms with Crippen molar-refractivity contribution in [3.8, 4) is 67.9 Å². The van der Waals surface area contributed by atoms with Crippen LogP contribution in [0.2, 0.25) is 0 Å². The Bertz CT molecular complexity index is 1880. The SMILES string of the molecule is CCCCCCCC(=O)OCCOc1ccc(-c2nc(-c3ccc(-c4ccccc4)cc3)nc(-c3ccc(-c4ccccc4)cc3)n2)c(O)c1. The van der Waals surface area contributed by atoms with Crippen molar-refractivity contribution in [3.05, 3.63) is 127 Å². The Morgan fingerprint density at radius 2 is 1.06 bits per heavy atom. The molecule has 6 rings (SSSR count). The van der Waals surface area contributed by atoms with Gasteiger partial charge in [0.15, 0.2) is 17.5 Å². The fourth-order valence-electron chi connectivity index (χ4n) is 5.69. The first-order valence-electron chi connectivity index (χ1n) is 17.3. The summed E-state index contributed by atoms with van der Waals surface area (Å²) < 4.78 is 11.1. The number of aromatic nitrogens is 3. The van der Waals surface area contributed by atoms with Gasteiger partial charge in [0, 0.05) is 23.6 Å². The number of rotatable bonds is 15. The lowest BCUT2D eigenvalue weighted by atomic mass is 10.0. The Hall–Kier alpha value is -5.82. The van der Waals surface area contributed by atoms with Crippen LogP contribution in [0.15, 0.2) is 127 Å². The molecule has 7 nitrogen and oxygen atoms in total. The van der Waals surface area contributed by atoms with Crippen LogP contribution in [0.25, 0.3) is 56.4 Å². The lowest BCUT2D eigenvalue weighted by Crippen LogP contribution is -2.12. The highest BCUT2D eigenvalue weighted by atomic mass is 16.6. The van der Waals surface area contributed by atoms with Gasteiger partial charge in [0.2, 0.25) is 0 Å². The minimum absolute atomic E-state index is 0.0338. The summed E-state index contributed by atoms with van der Waals surface area (Å²) in [4.78, 5) is 26.5. The summed E-state index contributed by atoms with van der Waals surface area (Å²) >= 11 is 0. The summed E-state index contributed by atoms with van der Waals surface area (Å²) in [5.41, 5.74) is 6.52. The topological polar surface area (TPSA) is 94.4 Å². The minimum atomic E-state index is -0.214. The van der Waals surface area contributed by atoms with Crippen LogP contribution in [0.5, 0.6) is 11.5 Å². The summed E-state index contributed by atoms with van der Waals surface area (Å²) in [6, 6.07) is 41.6. The van der Waals surface area contributed by atoms with Crippen LogP contribution in [-0.2, 0) is 9.53 Å². The maximum atomic E-state index is 12.0. The van der Waals surface area contributed by atoms with Gasteiger partial charge >= 0.3 is 5.97 Å². The van der Waals surface area contributed by atoms with Crippen molar-refractivity contribution in [2.45, 2.75) is 45.4 Å². The maximum absolute atomic E-state index is 12.0. The molecule has 1 heterocycles. The van der Waals surface area contributed by atoms with E-state index in [2.05, 4.69) is 55.5 Å². The highest BCUT2D eigenvalue weighted by Crippen LogP contribution is 2.33. The molecule has 0 bridgehead atoms. The molecule has 0 atom stereocenters. The molecule has 0 fully saturated rings. The molecule has 0 aliphatic carbocycles. The van der Waals surface area contributed by atoms with Crippen molar-refractivity contribution in [1.29, 1.82) is 0 Å². The summed E-state index contributed by atoms with van der Waals surface area (Å²) in [5.74, 6) is 1.51. The van der Waals surface area contributed by atoms with Crippen molar-refractivity contribution < 1.29 is 19.4 Å². The Kier molecular flexibility index (Phi) is 11.6. The molecule has 50 heavy (non-hydrogen) atoms. The first-order valence-corrected chi connectivity index (χ1v) is 17.3. The van der Waals surface area contributed by atoms with Crippen LogP contribution in [-0.4, -0.2) is 39.2 Å². The maximum Gasteiger partial charge on any atom is 0.305 e. The highest BCUT2D eigenvalue weighted by Gasteiger charge is 2.16. The van der Waals surface area contributed by atoms with Crippen LogP contribution >= 0.6 is 0 Å². The van der Waals surface area contributed by atoms with Crippen LogP contribution in [0.4, 0.5) is 0 Å². The highest BCUT2D eigenvalue weighted by molar-refractivity contribution is 5.74. The van der Waals surface area contributed by atoms with Crippen LogP contribution in [0.1, 0.15) is 45.4 Å². The summed E-state index contributed by atoms with van der Waals surface area (Å²) in [5, 5.41) is 11.1. The van der Waals surface area contributed by atoms with Crippen molar-refractivity contribution in [2.75, 3.05) is 13.2 Å². The molecule has 1 N–H and O–H groups in total. The first-order chi connectivity index (χ1) is 24.6. The molecular formula is C43H41N3O4. The molecule has 0 aliphatic heterocycles. The molecule has 6 aromatic rings. The van der Waals surface area contributed by atoms with E-state index in [1.54, 1.807) is 12.1 Å². The number of aromatic hydroxyl groups is 1. The van der Waals surface area contributed by atoms with Gasteiger partial charge in [0.05, 0.1) is 5.56 Å². The van der Waals surface area contributed by atoms with Crippen molar-refractivity contribution >= 4 is 5.97 Å². The number of phenols is 1. The number of ether oxygens (including phenoxy) is 2. The lowest BCUT2D eigenvalue weighted by Gasteiger charge is -2.12. The van der Waals surface area contributed by atoms with Gasteiger partial charge in [-0.1, -0.05) is 142 Å². The van der Waals surface area contributed by atoms with E-state index >= 15 is 0 Å². The Morgan fingerprint density at radius 3 is 1.60 bits per heavy atom. The van der Waals surface area contributed by atoms with Crippen molar-refractivity contribution in [1.82, 2.24) is 15.0 Å². The van der Waals surface area contributed by atoms with E-state index in [4.69, 9.17) is 24.4 Å². The van der Waals surface area contributed by atoms with E-state index in [-0.39, 0.29) is 24.9 Å². The predicted molar refractivity (Wildman–Crippen MR) is 199 cm³/mol. The number of unbranched alkanes of at least 4 members (excludes halogenated alkanes) is 4. The van der Waals surface area contributed by atoms with Crippen LogP contribution in [0.3, 0.4) is 0 Å². The average molecular weight is 664 g/mol. The van der Waals surface area contributed by atoms with Gasteiger partial charge in [-0.25, -0.2) is 15.0 Å². The van der Waals surface area contributed by atoms with Gasteiger partial charge < -0.3 is 14.6 Å². The van der Waals surface area contributed by atoms with E-state index in [1.165, 1.54) is 18.9 Å². The molecule has 0 saturated heterocycles. The number of carbonyl (C=O) groups excluding carboxylic acids is 1. The lowest BCUT2D eigenvalue weighted by molar-refractivity contribution is -0.144. The normalized spacial score (nSPS) is 10.9. The number of benzene rings is 5. The van der Waals surface area contributed by atoms with E-state index in [9.17, 15) is 9.90 Å². The molecule has 0 unspecified atom stereocenters. The van der Waals surface area contributed by atoms with Crippen molar-refractivity contribution in [2.24, 2.45) is 0 Å². The number of hydrogen-bond donors (Lipinski definition) is 1. The monoisotopic (exact) mass is 663 g/mol. The molecule has 252 valence electrons. The zero-order chi connectivity index (χ0) is 34.5. The minimum Gasteiger partial charge on any atom is -0.507 e. The Morgan fingerprint density at radius 1 is 0.560 bits per heavy atom. The zero-order valence-electron chi connectivity index (χ0n) is 28.3. The second-order valence-electron chi connectivity index (χ2n) is 12.1. The third kappa shape index (κ3) is 8.99. The summed E-state index contributed by atoms with van der Waals surface area (Å²) in [6.45, 7) is 2.49. The first kappa shape index (κ1) is 34.1. The van der Waals surface area contributed by atoms with E-state index in [0.29, 0.717) is 35.2 Å². The summed E-state index contributed by atoms with van der Waals surface area (Å²) in [6.07, 6.45) is 5.80. The van der Waals surface area contributed by atoms with E-state index < -0.39 is 0 Å². The van der Waals surface area contributed by atoms with Gasteiger partial charge in [0.25, 0.3) is 0 Å². The molecule has 0 amide bonds. The van der Waals surface area contributed by atoms with E-state index in [0.717, 1.165) is 52.6 Å². The number of hydrogen-bond acceptors (Lipinski definition) is 7. The third-order valence-electron chi connectivity index (χ3n) is 8.45. The molecule has 0 spiro atoms. The standard InChI is InChI=1S/C43H41N3O4/c1-2-3-4-5-12-17-40(48)50-29-28-49-37-26-27-38(39(47)30-37)43-45-41(35-22-18-33(19-23-35)31-13-8-6-9-14-31)44-42(46-43)36-24-20-34(21-25-36)32-15-10-7-11-16-32/h6-11,13-16,18-27,30,47H,2-5,12,17,28-29H2,1H3. The Balaban J connectivity index is 1.22. The molecule has 7 heteroatoms. The van der Waals surface area contributed by atoms with Gasteiger partial charge in [-0.15, -0.1) is 0 Å². The predicted octanol–water partition coefficient (Wildman–Crippen LogP) is 10.2. The molecule has 0 aliphatic rings.